The second-order valence-electron chi connectivity index (χ2n) is 10.3. The van der Waals surface area contributed by atoms with Gasteiger partial charge in [0.2, 0.25) is 23.8 Å². The average Bonchev–Trinajstić information content (AvgIpc) is 3.86. The average molecular weight is 544 g/mol. The van der Waals surface area contributed by atoms with Crippen LogP contribution in [-0.4, -0.2) is 77.0 Å². The maximum Gasteiger partial charge on any atom is 0.248 e. The molecule has 3 aliphatic rings. The van der Waals surface area contributed by atoms with Gasteiger partial charge >= 0.3 is 0 Å². The molecule has 2 saturated carbocycles. The number of carbonyl (C=O) groups is 1. The van der Waals surface area contributed by atoms with Crippen LogP contribution in [0, 0.1) is 0 Å². The maximum absolute atomic E-state index is 13.3. The smallest absolute Gasteiger partial charge is 0.248 e. The van der Waals surface area contributed by atoms with Crippen molar-refractivity contribution in [3.63, 3.8) is 0 Å². The van der Waals surface area contributed by atoms with Crippen LogP contribution in [0.15, 0.2) is 30.7 Å². The standard InChI is InChI=1S/C25H29N13O2/c1-40-15-8-18(22(39)28-21-11-26-6-7-27-21)38(12-15)25-32-23(29-19-9-16(34-36-19)13-2-3-13)31-24(33-25)30-20-10-17(35-37-20)14-4-5-14/h6-7,9-11,13-15,18H,2-5,8,12H2,1H3,(H,27,28,39)(H4,29,30,31,32,33,34,35,36,37)/t15-,18-/m0/s1. The van der Waals surface area contributed by atoms with Gasteiger partial charge in [-0.25, -0.2) is 4.98 Å². The lowest BCUT2D eigenvalue weighted by molar-refractivity contribution is -0.117. The van der Waals surface area contributed by atoms with E-state index >= 15 is 0 Å². The van der Waals surface area contributed by atoms with E-state index in [1.807, 2.05) is 17.0 Å². The highest BCUT2D eigenvalue weighted by Crippen LogP contribution is 2.40. The van der Waals surface area contributed by atoms with Crippen molar-refractivity contribution in [3.8, 4) is 0 Å². The quantitative estimate of drug-likeness (QED) is 0.197. The number of H-pyrrole nitrogens is 2. The third-order valence-corrected chi connectivity index (χ3v) is 7.30. The van der Waals surface area contributed by atoms with Gasteiger partial charge in [0.1, 0.15) is 6.04 Å². The molecule has 1 amide bonds. The van der Waals surface area contributed by atoms with Gasteiger partial charge in [-0.1, -0.05) is 0 Å². The van der Waals surface area contributed by atoms with Crippen molar-refractivity contribution >= 4 is 41.2 Å². The molecule has 1 aliphatic heterocycles. The zero-order valence-corrected chi connectivity index (χ0v) is 21.8. The van der Waals surface area contributed by atoms with Crippen LogP contribution in [0.1, 0.15) is 55.3 Å². The van der Waals surface area contributed by atoms with Gasteiger partial charge in [-0.15, -0.1) is 0 Å². The number of carbonyl (C=O) groups excluding carboxylic acids is 1. The number of amides is 1. The lowest BCUT2D eigenvalue weighted by Gasteiger charge is -2.24. The highest BCUT2D eigenvalue weighted by molar-refractivity contribution is 5.96. The second kappa shape index (κ2) is 10.1. The number of anilines is 6. The lowest BCUT2D eigenvalue weighted by Crippen LogP contribution is -2.41. The van der Waals surface area contributed by atoms with Crippen LogP contribution in [0.2, 0.25) is 0 Å². The van der Waals surface area contributed by atoms with Crippen molar-refractivity contribution in [2.24, 2.45) is 0 Å². The van der Waals surface area contributed by atoms with E-state index in [4.69, 9.17) is 4.74 Å². The molecule has 4 aromatic rings. The third-order valence-electron chi connectivity index (χ3n) is 7.30. The molecule has 1 saturated heterocycles. The second-order valence-corrected chi connectivity index (χ2v) is 10.3. The van der Waals surface area contributed by atoms with E-state index < -0.39 is 6.04 Å². The molecule has 7 rings (SSSR count). The highest BCUT2D eigenvalue weighted by Gasteiger charge is 2.39. The van der Waals surface area contributed by atoms with Crippen LogP contribution in [0.25, 0.3) is 0 Å². The number of aromatic nitrogens is 9. The summed E-state index contributed by atoms with van der Waals surface area (Å²) in [5.74, 6) is 3.26. The summed E-state index contributed by atoms with van der Waals surface area (Å²) in [5.41, 5.74) is 2.17. The minimum absolute atomic E-state index is 0.193. The van der Waals surface area contributed by atoms with Crippen LogP contribution in [-0.2, 0) is 9.53 Å². The van der Waals surface area contributed by atoms with Gasteiger partial charge in [0, 0.05) is 67.8 Å². The molecule has 5 heterocycles. The molecule has 40 heavy (non-hydrogen) atoms. The summed E-state index contributed by atoms with van der Waals surface area (Å²) in [5, 5.41) is 24.1. The molecular formula is C25H29N13O2. The maximum atomic E-state index is 13.3. The Kier molecular flexibility index (Phi) is 6.18. The Hall–Kier alpha value is -4.66. The molecule has 206 valence electrons. The number of hydrogen-bond acceptors (Lipinski definition) is 12. The number of methoxy groups -OCH3 is 1. The zero-order chi connectivity index (χ0) is 27.1. The summed E-state index contributed by atoms with van der Waals surface area (Å²) in [4.78, 5) is 37.3. The van der Waals surface area contributed by atoms with Crippen molar-refractivity contribution < 1.29 is 9.53 Å². The normalized spacial score (nSPS) is 20.5. The first-order valence-corrected chi connectivity index (χ1v) is 13.4. The number of ether oxygens (including phenoxy) is 1. The SMILES string of the molecule is CO[C@H]1C[C@@H](C(=O)Nc2cnccn2)N(c2nc(Nc3cc(C4CC4)[nH]n3)nc(Nc3cc(C4CC4)[nH]n3)n2)C1. The van der Waals surface area contributed by atoms with Crippen molar-refractivity contribution in [1.82, 2.24) is 45.3 Å². The molecule has 4 aromatic heterocycles. The van der Waals surface area contributed by atoms with Crippen molar-refractivity contribution in [2.45, 2.75) is 56.1 Å². The summed E-state index contributed by atoms with van der Waals surface area (Å²) >= 11 is 0. The highest BCUT2D eigenvalue weighted by atomic mass is 16.5. The van der Waals surface area contributed by atoms with Gasteiger partial charge in [-0.3, -0.25) is 20.0 Å². The van der Waals surface area contributed by atoms with Gasteiger partial charge in [-0.2, -0.15) is 25.1 Å². The molecule has 0 aromatic carbocycles. The predicted octanol–water partition coefficient (Wildman–Crippen LogP) is 2.58. The van der Waals surface area contributed by atoms with Crippen molar-refractivity contribution in [2.75, 3.05) is 34.5 Å². The Balaban J connectivity index is 1.19. The summed E-state index contributed by atoms with van der Waals surface area (Å²) in [6.07, 6.45) is 9.46. The zero-order valence-electron chi connectivity index (χ0n) is 21.8. The minimum atomic E-state index is -0.603. The Morgan fingerprint density at radius 1 is 0.925 bits per heavy atom. The van der Waals surface area contributed by atoms with Crippen molar-refractivity contribution in [3.05, 3.63) is 42.1 Å². The fourth-order valence-electron chi connectivity index (χ4n) is 4.85. The molecule has 0 unspecified atom stereocenters. The van der Waals surface area contributed by atoms with E-state index in [0.29, 0.717) is 48.2 Å². The molecule has 15 heteroatoms. The van der Waals surface area contributed by atoms with E-state index in [2.05, 4.69) is 61.3 Å². The first-order chi connectivity index (χ1) is 19.6. The van der Waals surface area contributed by atoms with Gasteiger partial charge in [0.15, 0.2) is 17.5 Å². The Morgan fingerprint density at radius 2 is 1.57 bits per heavy atom. The van der Waals surface area contributed by atoms with E-state index in [-0.39, 0.29) is 23.9 Å². The first kappa shape index (κ1) is 24.4. The fraction of sp³-hybridized carbons (Fsp3) is 0.440. The van der Waals surface area contributed by atoms with Gasteiger partial charge in [-0.05, 0) is 25.7 Å². The lowest BCUT2D eigenvalue weighted by atomic mass is 10.2. The Morgan fingerprint density at radius 3 is 2.12 bits per heavy atom. The number of aromatic amines is 2. The Bertz CT molecular complexity index is 1430. The predicted molar refractivity (Wildman–Crippen MR) is 145 cm³/mol. The minimum Gasteiger partial charge on any atom is -0.380 e. The van der Waals surface area contributed by atoms with Crippen LogP contribution < -0.4 is 20.9 Å². The number of rotatable bonds is 10. The molecule has 2 aliphatic carbocycles. The molecular weight excluding hydrogens is 514 g/mol. The van der Waals surface area contributed by atoms with E-state index in [9.17, 15) is 4.79 Å². The molecule has 0 bridgehead atoms. The van der Waals surface area contributed by atoms with Crippen LogP contribution in [0.3, 0.4) is 0 Å². The van der Waals surface area contributed by atoms with E-state index in [1.165, 1.54) is 12.4 Å². The first-order valence-electron chi connectivity index (χ1n) is 13.4. The molecule has 0 spiro atoms. The molecule has 15 nitrogen and oxygen atoms in total. The third kappa shape index (κ3) is 5.27. The van der Waals surface area contributed by atoms with Crippen LogP contribution in [0.5, 0.6) is 0 Å². The number of nitrogens with zero attached hydrogens (tertiary/aromatic N) is 8. The molecule has 2 atom stereocenters. The van der Waals surface area contributed by atoms with Gasteiger partial charge in [0.05, 0.1) is 12.3 Å². The molecule has 5 N–H and O–H groups in total. The number of nitrogens with one attached hydrogen (secondary N) is 5. The Labute approximate surface area is 229 Å². The summed E-state index contributed by atoms with van der Waals surface area (Å²) in [6.45, 7) is 0.417. The van der Waals surface area contributed by atoms with Crippen molar-refractivity contribution in [1.29, 1.82) is 0 Å². The summed E-state index contributed by atoms with van der Waals surface area (Å²) in [7, 11) is 1.63. The summed E-state index contributed by atoms with van der Waals surface area (Å²) < 4.78 is 5.63. The topological polar surface area (TPSA) is 187 Å². The monoisotopic (exact) mass is 543 g/mol. The fourth-order valence-corrected chi connectivity index (χ4v) is 4.85. The summed E-state index contributed by atoms with van der Waals surface area (Å²) in [6, 6.07) is 3.34. The molecule has 3 fully saturated rings. The molecule has 0 radical (unpaired) electrons. The van der Waals surface area contributed by atoms with Gasteiger partial charge in [0.25, 0.3) is 0 Å². The number of hydrogen-bond donors (Lipinski definition) is 5. The van der Waals surface area contributed by atoms with E-state index in [0.717, 1.165) is 37.1 Å². The van der Waals surface area contributed by atoms with E-state index in [1.54, 1.807) is 13.3 Å². The van der Waals surface area contributed by atoms with Gasteiger partial charge < -0.3 is 25.6 Å². The van der Waals surface area contributed by atoms with Crippen LogP contribution in [0.4, 0.5) is 35.3 Å². The van der Waals surface area contributed by atoms with Crippen LogP contribution >= 0.6 is 0 Å². The largest absolute Gasteiger partial charge is 0.380 e.